The summed E-state index contributed by atoms with van der Waals surface area (Å²) < 4.78 is 5.68. The van der Waals surface area contributed by atoms with Crippen LogP contribution in [0, 0.1) is 11.8 Å². The first kappa shape index (κ1) is 15.3. The summed E-state index contributed by atoms with van der Waals surface area (Å²) in [6, 6.07) is 0. The van der Waals surface area contributed by atoms with Crippen molar-refractivity contribution in [2.75, 3.05) is 13.2 Å². The van der Waals surface area contributed by atoms with Crippen molar-refractivity contribution < 1.29 is 19.4 Å². The van der Waals surface area contributed by atoms with Gasteiger partial charge in [-0.2, -0.15) is 0 Å². The van der Waals surface area contributed by atoms with Crippen molar-refractivity contribution in [1.29, 1.82) is 0 Å². The summed E-state index contributed by atoms with van der Waals surface area (Å²) >= 11 is 0. The average Bonchev–Trinajstić information content (AvgIpc) is 2.96. The van der Waals surface area contributed by atoms with Crippen molar-refractivity contribution in [1.82, 2.24) is 5.32 Å². The second kappa shape index (κ2) is 7.62. The number of hydrogen-bond donors (Lipinski definition) is 2. The maximum Gasteiger partial charge on any atom is 0.307 e. The van der Waals surface area contributed by atoms with E-state index in [1.165, 1.54) is 12.8 Å². The maximum atomic E-state index is 12.1. The summed E-state index contributed by atoms with van der Waals surface area (Å²) in [7, 11) is 0. The quantitative estimate of drug-likeness (QED) is 0.731. The molecule has 2 N–H and O–H groups in total. The molecule has 114 valence electrons. The van der Waals surface area contributed by atoms with Crippen LogP contribution in [0.1, 0.15) is 51.4 Å². The van der Waals surface area contributed by atoms with Crippen molar-refractivity contribution in [3.63, 3.8) is 0 Å². The average molecular weight is 283 g/mol. The van der Waals surface area contributed by atoms with Gasteiger partial charge in [0, 0.05) is 6.54 Å². The van der Waals surface area contributed by atoms with Gasteiger partial charge >= 0.3 is 5.97 Å². The molecule has 0 aromatic carbocycles. The van der Waals surface area contributed by atoms with Gasteiger partial charge in [0.2, 0.25) is 5.91 Å². The molecule has 1 amide bonds. The van der Waals surface area contributed by atoms with Gasteiger partial charge in [-0.15, -0.1) is 0 Å². The molecule has 0 radical (unpaired) electrons. The minimum atomic E-state index is -0.841. The third kappa shape index (κ3) is 4.20. The summed E-state index contributed by atoms with van der Waals surface area (Å²) in [6.07, 6.45) is 8.23. The zero-order valence-electron chi connectivity index (χ0n) is 12.0. The number of carboxylic acid groups (broad SMARTS) is 1. The Hall–Kier alpha value is -1.10. The number of ether oxygens (including phenoxy) is 1. The van der Waals surface area contributed by atoms with Gasteiger partial charge in [-0.1, -0.05) is 25.7 Å². The Morgan fingerprint density at radius 2 is 1.60 bits per heavy atom. The van der Waals surface area contributed by atoms with Crippen molar-refractivity contribution in [3.8, 4) is 0 Å². The normalized spacial score (nSPS) is 27.4. The molecule has 2 atom stereocenters. The van der Waals surface area contributed by atoms with E-state index in [1.54, 1.807) is 0 Å². The third-order valence-electron chi connectivity index (χ3n) is 4.48. The molecule has 0 bridgehead atoms. The first-order valence-corrected chi connectivity index (χ1v) is 7.80. The van der Waals surface area contributed by atoms with E-state index in [4.69, 9.17) is 9.84 Å². The fourth-order valence-electron chi connectivity index (χ4n) is 3.33. The number of nitrogens with one attached hydrogen (secondary N) is 1. The van der Waals surface area contributed by atoms with Gasteiger partial charge in [-0.3, -0.25) is 9.59 Å². The Morgan fingerprint density at radius 1 is 1.00 bits per heavy atom. The highest BCUT2D eigenvalue weighted by Crippen LogP contribution is 2.30. The van der Waals surface area contributed by atoms with E-state index < -0.39 is 11.9 Å². The van der Waals surface area contributed by atoms with Crippen molar-refractivity contribution in [2.45, 2.75) is 57.5 Å². The molecule has 0 aromatic heterocycles. The fourth-order valence-corrected chi connectivity index (χ4v) is 3.33. The second-order valence-electron chi connectivity index (χ2n) is 5.90. The van der Waals surface area contributed by atoms with Crippen LogP contribution >= 0.6 is 0 Å². The van der Waals surface area contributed by atoms with Crippen LogP contribution in [0.15, 0.2) is 0 Å². The van der Waals surface area contributed by atoms with Gasteiger partial charge in [0.1, 0.15) is 0 Å². The minimum absolute atomic E-state index is 0.118. The molecule has 5 heteroatoms. The topological polar surface area (TPSA) is 75.6 Å². The van der Waals surface area contributed by atoms with Crippen LogP contribution in [0.25, 0.3) is 0 Å². The van der Waals surface area contributed by atoms with Crippen LogP contribution < -0.4 is 5.32 Å². The predicted octanol–water partition coefficient (Wildman–Crippen LogP) is 1.95. The van der Waals surface area contributed by atoms with Crippen molar-refractivity contribution in [3.05, 3.63) is 0 Å². The number of aliphatic carboxylic acids is 1. The van der Waals surface area contributed by atoms with Crippen LogP contribution in [-0.4, -0.2) is 36.2 Å². The standard InChI is InChI=1S/C15H25NO4/c17-14(12-7-3-4-8-13(12)15(18)19)16-9-10-20-11-5-1-2-6-11/h11-13H,1-10H2,(H,16,17)(H,18,19). The summed E-state index contributed by atoms with van der Waals surface area (Å²) in [5.41, 5.74) is 0. The van der Waals surface area contributed by atoms with Gasteiger partial charge in [-0.05, 0) is 25.7 Å². The van der Waals surface area contributed by atoms with Crippen molar-refractivity contribution >= 4 is 11.9 Å². The zero-order chi connectivity index (χ0) is 14.4. The first-order chi connectivity index (χ1) is 9.68. The van der Waals surface area contributed by atoms with E-state index in [9.17, 15) is 9.59 Å². The number of hydrogen-bond acceptors (Lipinski definition) is 3. The summed E-state index contributed by atoms with van der Waals surface area (Å²) in [5.74, 6) is -1.84. The van der Waals surface area contributed by atoms with E-state index >= 15 is 0 Å². The third-order valence-corrected chi connectivity index (χ3v) is 4.48. The Kier molecular flexibility index (Phi) is 5.83. The van der Waals surface area contributed by atoms with E-state index in [0.29, 0.717) is 32.1 Å². The van der Waals surface area contributed by atoms with Gasteiger partial charge in [0.15, 0.2) is 0 Å². The van der Waals surface area contributed by atoms with Crippen LogP contribution in [-0.2, 0) is 14.3 Å². The zero-order valence-corrected chi connectivity index (χ0v) is 12.0. The Bertz CT molecular complexity index is 339. The lowest BCUT2D eigenvalue weighted by Crippen LogP contribution is -2.41. The molecule has 0 aliphatic heterocycles. The molecule has 2 aliphatic carbocycles. The SMILES string of the molecule is O=C(O)C1CCCCC1C(=O)NCCOC1CCCC1. The van der Waals surface area contributed by atoms with Crippen LogP contribution in [0.2, 0.25) is 0 Å². The van der Waals surface area contributed by atoms with Crippen LogP contribution in [0.3, 0.4) is 0 Å². The summed E-state index contributed by atoms with van der Waals surface area (Å²) in [6.45, 7) is 1.01. The van der Waals surface area contributed by atoms with Crippen LogP contribution in [0.5, 0.6) is 0 Å². The first-order valence-electron chi connectivity index (χ1n) is 7.80. The van der Waals surface area contributed by atoms with E-state index in [0.717, 1.165) is 25.7 Å². The molecule has 2 rings (SSSR count). The molecule has 2 saturated carbocycles. The van der Waals surface area contributed by atoms with Gasteiger partial charge < -0.3 is 15.2 Å². The number of amides is 1. The molecular weight excluding hydrogens is 258 g/mol. The van der Waals surface area contributed by atoms with E-state index in [1.807, 2.05) is 0 Å². The smallest absolute Gasteiger partial charge is 0.307 e. The Labute approximate surface area is 120 Å². The van der Waals surface area contributed by atoms with Gasteiger partial charge in [0.05, 0.1) is 24.5 Å². The highest BCUT2D eigenvalue weighted by molar-refractivity contribution is 5.84. The van der Waals surface area contributed by atoms with Crippen LogP contribution in [0.4, 0.5) is 0 Å². The summed E-state index contributed by atoms with van der Waals surface area (Å²) in [5, 5.41) is 12.0. The molecule has 20 heavy (non-hydrogen) atoms. The number of rotatable bonds is 6. The lowest BCUT2D eigenvalue weighted by Gasteiger charge is -2.27. The van der Waals surface area contributed by atoms with E-state index in [2.05, 4.69) is 5.32 Å². The number of carboxylic acids is 1. The van der Waals surface area contributed by atoms with Crippen molar-refractivity contribution in [2.24, 2.45) is 11.8 Å². The number of carbonyl (C=O) groups excluding carboxylic acids is 1. The Balaban J connectivity index is 1.68. The molecule has 0 spiro atoms. The molecule has 5 nitrogen and oxygen atoms in total. The monoisotopic (exact) mass is 283 g/mol. The Morgan fingerprint density at radius 3 is 2.25 bits per heavy atom. The molecule has 2 unspecified atom stereocenters. The fraction of sp³-hybridized carbons (Fsp3) is 0.867. The van der Waals surface area contributed by atoms with Gasteiger partial charge in [-0.25, -0.2) is 0 Å². The largest absolute Gasteiger partial charge is 0.481 e. The maximum absolute atomic E-state index is 12.1. The van der Waals surface area contributed by atoms with E-state index in [-0.39, 0.29) is 11.8 Å². The van der Waals surface area contributed by atoms with Gasteiger partial charge in [0.25, 0.3) is 0 Å². The minimum Gasteiger partial charge on any atom is -0.481 e. The highest BCUT2D eigenvalue weighted by Gasteiger charge is 2.35. The lowest BCUT2D eigenvalue weighted by atomic mass is 9.79. The highest BCUT2D eigenvalue weighted by atomic mass is 16.5. The number of carbonyl (C=O) groups is 2. The molecule has 2 fully saturated rings. The molecule has 2 aliphatic rings. The predicted molar refractivity (Wildman–Crippen MR) is 74.3 cm³/mol. The molecule has 0 saturated heterocycles. The molecule has 0 aromatic rings. The molecule has 0 heterocycles. The lowest BCUT2D eigenvalue weighted by molar-refractivity contribution is -0.149. The molecular formula is C15H25NO4. The summed E-state index contributed by atoms with van der Waals surface area (Å²) in [4.78, 5) is 23.2. The second-order valence-corrected chi connectivity index (χ2v) is 5.90.